The predicted molar refractivity (Wildman–Crippen MR) is 74.1 cm³/mol. The number of anilines is 2. The molecular formula is C14H22FN3. The van der Waals surface area contributed by atoms with E-state index in [1.807, 2.05) is 0 Å². The maximum atomic E-state index is 13.1. The molecular weight excluding hydrogens is 229 g/mol. The first kappa shape index (κ1) is 13.1. The van der Waals surface area contributed by atoms with Crippen molar-refractivity contribution in [2.45, 2.75) is 19.8 Å². The number of nitrogens with two attached hydrogens (primary N) is 1. The second-order valence-electron chi connectivity index (χ2n) is 5.18. The summed E-state index contributed by atoms with van der Waals surface area (Å²) < 4.78 is 13.1. The van der Waals surface area contributed by atoms with Crippen LogP contribution in [-0.4, -0.2) is 31.1 Å². The minimum Gasteiger partial charge on any atom is -0.397 e. The van der Waals surface area contributed by atoms with Gasteiger partial charge in [0.15, 0.2) is 0 Å². The van der Waals surface area contributed by atoms with Crippen molar-refractivity contribution in [1.82, 2.24) is 4.90 Å². The Morgan fingerprint density at radius 1 is 1.39 bits per heavy atom. The van der Waals surface area contributed by atoms with Gasteiger partial charge in [-0.15, -0.1) is 0 Å². The maximum absolute atomic E-state index is 13.1. The molecule has 3 nitrogen and oxygen atoms in total. The normalized spacial score (nSPS) is 17.9. The highest BCUT2D eigenvalue weighted by Gasteiger charge is 2.14. The number of hydrogen-bond acceptors (Lipinski definition) is 3. The molecule has 0 amide bonds. The molecule has 2 rings (SSSR count). The Balaban J connectivity index is 1.76. The minimum absolute atomic E-state index is 0.251. The van der Waals surface area contributed by atoms with Crippen LogP contribution in [0, 0.1) is 11.7 Å². The second-order valence-corrected chi connectivity index (χ2v) is 5.18. The molecule has 0 radical (unpaired) electrons. The van der Waals surface area contributed by atoms with E-state index >= 15 is 0 Å². The lowest BCUT2D eigenvalue weighted by molar-refractivity contribution is 0.199. The highest BCUT2D eigenvalue weighted by atomic mass is 19.1. The van der Waals surface area contributed by atoms with Crippen molar-refractivity contribution in [1.29, 1.82) is 0 Å². The largest absolute Gasteiger partial charge is 0.397 e. The van der Waals surface area contributed by atoms with Crippen molar-refractivity contribution in [3.63, 3.8) is 0 Å². The van der Waals surface area contributed by atoms with Gasteiger partial charge in [-0.2, -0.15) is 0 Å². The summed E-state index contributed by atoms with van der Waals surface area (Å²) in [7, 11) is 0. The number of rotatable bonds is 4. The van der Waals surface area contributed by atoms with Crippen molar-refractivity contribution in [2.75, 3.05) is 37.2 Å². The van der Waals surface area contributed by atoms with E-state index in [-0.39, 0.29) is 5.82 Å². The summed E-state index contributed by atoms with van der Waals surface area (Å²) in [5.74, 6) is 0.603. The average Bonchev–Trinajstić information content (AvgIpc) is 2.36. The fourth-order valence-electron chi connectivity index (χ4n) is 2.32. The summed E-state index contributed by atoms with van der Waals surface area (Å²) in [6.07, 6.45) is 2.56. The summed E-state index contributed by atoms with van der Waals surface area (Å²) in [5, 5.41) is 3.21. The van der Waals surface area contributed by atoms with E-state index in [9.17, 15) is 4.39 Å². The van der Waals surface area contributed by atoms with E-state index in [0.29, 0.717) is 11.4 Å². The van der Waals surface area contributed by atoms with E-state index in [2.05, 4.69) is 17.1 Å². The van der Waals surface area contributed by atoms with Gasteiger partial charge in [0.25, 0.3) is 0 Å². The first-order valence-electron chi connectivity index (χ1n) is 6.66. The predicted octanol–water partition coefficient (Wildman–Crippen LogP) is 2.55. The van der Waals surface area contributed by atoms with Crippen LogP contribution in [0.5, 0.6) is 0 Å². The zero-order chi connectivity index (χ0) is 13.0. The van der Waals surface area contributed by atoms with Gasteiger partial charge in [0.05, 0.1) is 11.4 Å². The molecule has 1 saturated heterocycles. The fraction of sp³-hybridized carbons (Fsp3) is 0.571. The zero-order valence-corrected chi connectivity index (χ0v) is 11.0. The number of halogens is 1. The molecule has 0 aliphatic carbocycles. The second kappa shape index (κ2) is 6.05. The molecule has 100 valence electrons. The van der Waals surface area contributed by atoms with Crippen LogP contribution in [0.4, 0.5) is 15.8 Å². The minimum atomic E-state index is -0.251. The van der Waals surface area contributed by atoms with Crippen LogP contribution in [-0.2, 0) is 0 Å². The highest BCUT2D eigenvalue weighted by molar-refractivity contribution is 5.65. The third kappa shape index (κ3) is 3.60. The van der Waals surface area contributed by atoms with Gasteiger partial charge in [-0.3, -0.25) is 0 Å². The third-order valence-corrected chi connectivity index (χ3v) is 3.64. The molecule has 0 saturated carbocycles. The molecule has 0 atom stereocenters. The standard InChI is InChI=1S/C14H22FN3/c1-11-4-7-18(8-5-11)9-6-17-14-10-12(15)2-3-13(14)16/h2-3,10-11,17H,4-9,16H2,1H3. The van der Waals surface area contributed by atoms with Gasteiger partial charge in [0.1, 0.15) is 5.82 Å². The van der Waals surface area contributed by atoms with Crippen molar-refractivity contribution >= 4 is 11.4 Å². The zero-order valence-electron chi connectivity index (χ0n) is 11.0. The lowest BCUT2D eigenvalue weighted by atomic mass is 9.99. The summed E-state index contributed by atoms with van der Waals surface area (Å²) in [6, 6.07) is 4.43. The Bertz CT molecular complexity index is 387. The van der Waals surface area contributed by atoms with E-state index in [1.165, 1.54) is 38.1 Å². The molecule has 0 aromatic heterocycles. The first-order chi connectivity index (χ1) is 8.65. The van der Waals surface area contributed by atoms with Gasteiger partial charge in [-0.25, -0.2) is 4.39 Å². The number of hydrogen-bond donors (Lipinski definition) is 2. The van der Waals surface area contributed by atoms with Crippen LogP contribution in [0.1, 0.15) is 19.8 Å². The summed E-state index contributed by atoms with van der Waals surface area (Å²) in [5.41, 5.74) is 7.08. The summed E-state index contributed by atoms with van der Waals surface area (Å²) in [6.45, 7) is 6.44. The molecule has 0 bridgehead atoms. The molecule has 1 aromatic rings. The molecule has 3 N–H and O–H groups in total. The Morgan fingerprint density at radius 2 is 2.11 bits per heavy atom. The number of nitrogen functional groups attached to an aromatic ring is 1. The smallest absolute Gasteiger partial charge is 0.125 e. The Kier molecular flexibility index (Phi) is 4.42. The molecule has 1 heterocycles. The molecule has 18 heavy (non-hydrogen) atoms. The molecule has 1 aliphatic heterocycles. The van der Waals surface area contributed by atoms with Crippen molar-refractivity contribution in [3.05, 3.63) is 24.0 Å². The van der Waals surface area contributed by atoms with Crippen LogP contribution in [0.3, 0.4) is 0 Å². The number of benzene rings is 1. The van der Waals surface area contributed by atoms with Gasteiger partial charge in [0.2, 0.25) is 0 Å². The number of likely N-dealkylation sites (tertiary alicyclic amines) is 1. The van der Waals surface area contributed by atoms with Crippen LogP contribution in [0.25, 0.3) is 0 Å². The molecule has 4 heteroatoms. The lowest BCUT2D eigenvalue weighted by Gasteiger charge is -2.30. The van der Waals surface area contributed by atoms with Crippen LogP contribution >= 0.6 is 0 Å². The quantitative estimate of drug-likeness (QED) is 0.808. The van der Waals surface area contributed by atoms with E-state index in [1.54, 1.807) is 6.07 Å². The number of nitrogens with zero attached hydrogens (tertiary/aromatic N) is 1. The van der Waals surface area contributed by atoms with Gasteiger partial charge >= 0.3 is 0 Å². The Labute approximate surface area is 108 Å². The van der Waals surface area contributed by atoms with Crippen LogP contribution in [0.15, 0.2) is 18.2 Å². The van der Waals surface area contributed by atoms with Crippen LogP contribution in [0.2, 0.25) is 0 Å². The van der Waals surface area contributed by atoms with Crippen molar-refractivity contribution in [3.8, 4) is 0 Å². The first-order valence-corrected chi connectivity index (χ1v) is 6.66. The van der Waals surface area contributed by atoms with E-state index in [0.717, 1.165) is 19.0 Å². The highest BCUT2D eigenvalue weighted by Crippen LogP contribution is 2.19. The lowest BCUT2D eigenvalue weighted by Crippen LogP contribution is -2.36. The summed E-state index contributed by atoms with van der Waals surface area (Å²) in [4.78, 5) is 2.45. The average molecular weight is 251 g/mol. The SMILES string of the molecule is CC1CCN(CCNc2cc(F)ccc2N)CC1. The maximum Gasteiger partial charge on any atom is 0.125 e. The van der Waals surface area contributed by atoms with E-state index < -0.39 is 0 Å². The van der Waals surface area contributed by atoms with Gasteiger partial charge in [-0.1, -0.05) is 6.92 Å². The van der Waals surface area contributed by atoms with Crippen molar-refractivity contribution < 1.29 is 4.39 Å². The Morgan fingerprint density at radius 3 is 2.83 bits per heavy atom. The monoisotopic (exact) mass is 251 g/mol. The third-order valence-electron chi connectivity index (χ3n) is 3.64. The fourth-order valence-corrected chi connectivity index (χ4v) is 2.32. The topological polar surface area (TPSA) is 41.3 Å². The van der Waals surface area contributed by atoms with Gasteiger partial charge in [-0.05, 0) is 50.0 Å². The van der Waals surface area contributed by atoms with Gasteiger partial charge in [0, 0.05) is 13.1 Å². The summed E-state index contributed by atoms with van der Waals surface area (Å²) >= 11 is 0. The molecule has 0 unspecified atom stereocenters. The molecule has 1 fully saturated rings. The van der Waals surface area contributed by atoms with Gasteiger partial charge < -0.3 is 16.0 Å². The molecule has 0 spiro atoms. The number of piperidine rings is 1. The number of nitrogens with one attached hydrogen (secondary N) is 1. The molecule has 1 aliphatic rings. The van der Waals surface area contributed by atoms with Crippen LogP contribution < -0.4 is 11.1 Å². The molecule has 1 aromatic carbocycles. The Hall–Kier alpha value is -1.29. The van der Waals surface area contributed by atoms with Crippen molar-refractivity contribution in [2.24, 2.45) is 5.92 Å². The van der Waals surface area contributed by atoms with E-state index in [4.69, 9.17) is 5.73 Å².